The van der Waals surface area contributed by atoms with Crippen LogP contribution >= 0.6 is 0 Å². The number of aliphatic hydroxyl groups excluding tert-OH is 1. The summed E-state index contributed by atoms with van der Waals surface area (Å²) in [6, 6.07) is 11.3. The molecule has 0 bridgehead atoms. The topological polar surface area (TPSA) is 94.5 Å². The largest absolute Gasteiger partial charge is 0.507 e. The molecule has 0 aromatic heterocycles. The predicted molar refractivity (Wildman–Crippen MR) is 137 cm³/mol. The summed E-state index contributed by atoms with van der Waals surface area (Å²) in [6.07, 6.45) is 3.17. The second-order valence-electron chi connectivity index (χ2n) is 8.41. The summed E-state index contributed by atoms with van der Waals surface area (Å²) in [5, 5.41) is 11.2. The third-order valence-corrected chi connectivity index (χ3v) is 6.02. The Balaban J connectivity index is 2.01. The Morgan fingerprint density at radius 1 is 0.944 bits per heavy atom. The summed E-state index contributed by atoms with van der Waals surface area (Å²) in [5.74, 6) is 0.00620. The molecular formula is C28H35NO7. The first kappa shape index (κ1) is 27.1. The van der Waals surface area contributed by atoms with Crippen LogP contribution in [0.1, 0.15) is 50.3 Å². The fourth-order valence-corrected chi connectivity index (χ4v) is 4.18. The van der Waals surface area contributed by atoms with Crippen LogP contribution in [0.3, 0.4) is 0 Å². The Morgan fingerprint density at radius 3 is 2.33 bits per heavy atom. The molecule has 0 aliphatic carbocycles. The Labute approximate surface area is 212 Å². The molecule has 0 radical (unpaired) electrons. The summed E-state index contributed by atoms with van der Waals surface area (Å²) in [5.41, 5.74) is 1.05. The third kappa shape index (κ3) is 5.99. The number of aliphatic hydroxyl groups is 1. The van der Waals surface area contributed by atoms with Crippen LogP contribution in [0.5, 0.6) is 17.2 Å². The van der Waals surface area contributed by atoms with Gasteiger partial charge in [0.25, 0.3) is 11.7 Å². The third-order valence-electron chi connectivity index (χ3n) is 6.02. The average Bonchev–Trinajstić information content (AvgIpc) is 3.15. The molecule has 1 heterocycles. The number of hydrogen-bond acceptors (Lipinski definition) is 7. The van der Waals surface area contributed by atoms with Crippen molar-refractivity contribution in [2.45, 2.75) is 39.2 Å². The van der Waals surface area contributed by atoms with Crippen LogP contribution in [-0.2, 0) is 14.3 Å². The van der Waals surface area contributed by atoms with Crippen LogP contribution in [0.2, 0.25) is 0 Å². The minimum absolute atomic E-state index is 0.0129. The lowest BCUT2D eigenvalue weighted by Gasteiger charge is -2.25. The van der Waals surface area contributed by atoms with Gasteiger partial charge in [-0.2, -0.15) is 0 Å². The Kier molecular flexibility index (Phi) is 9.76. The molecule has 1 aliphatic heterocycles. The van der Waals surface area contributed by atoms with E-state index in [-0.39, 0.29) is 24.5 Å². The van der Waals surface area contributed by atoms with Crippen molar-refractivity contribution in [2.75, 3.05) is 40.6 Å². The van der Waals surface area contributed by atoms with Gasteiger partial charge in [0.15, 0.2) is 11.5 Å². The van der Waals surface area contributed by atoms with E-state index >= 15 is 0 Å². The average molecular weight is 498 g/mol. The molecule has 8 heteroatoms. The van der Waals surface area contributed by atoms with E-state index in [0.29, 0.717) is 41.6 Å². The molecule has 3 rings (SSSR count). The number of nitrogens with zero attached hydrogens (tertiary/aromatic N) is 1. The van der Waals surface area contributed by atoms with Crippen LogP contribution in [0.4, 0.5) is 0 Å². The standard InChI is InChI=1S/C28H35NO7/c1-5-7-8-16-36-21-12-9-19(10-13-21)26(30)24-25(29(15-17-33-3)28(32)27(24)31)20-11-14-22(35-6-2)23(18-20)34-4/h9-14,18,25,30H,5-8,15-17H2,1-4H3/b26-24-. The molecule has 1 amide bonds. The molecule has 1 N–H and O–H groups in total. The first-order valence-corrected chi connectivity index (χ1v) is 12.3. The number of ketones is 1. The molecule has 8 nitrogen and oxygen atoms in total. The number of rotatable bonds is 13. The molecule has 2 aromatic rings. The zero-order valence-electron chi connectivity index (χ0n) is 21.4. The number of benzene rings is 2. The van der Waals surface area contributed by atoms with Gasteiger partial charge in [-0.05, 0) is 55.3 Å². The van der Waals surface area contributed by atoms with Crippen LogP contribution < -0.4 is 14.2 Å². The normalized spacial score (nSPS) is 16.9. The van der Waals surface area contributed by atoms with Crippen molar-refractivity contribution in [2.24, 2.45) is 0 Å². The van der Waals surface area contributed by atoms with Crippen LogP contribution in [0.15, 0.2) is 48.0 Å². The highest BCUT2D eigenvalue weighted by molar-refractivity contribution is 6.46. The highest BCUT2D eigenvalue weighted by atomic mass is 16.5. The summed E-state index contributed by atoms with van der Waals surface area (Å²) >= 11 is 0. The number of methoxy groups -OCH3 is 2. The van der Waals surface area contributed by atoms with Crippen molar-refractivity contribution in [1.82, 2.24) is 4.90 Å². The molecule has 194 valence electrons. The van der Waals surface area contributed by atoms with Gasteiger partial charge in [-0.25, -0.2) is 0 Å². The predicted octanol–water partition coefficient (Wildman–Crippen LogP) is 4.73. The lowest BCUT2D eigenvalue weighted by molar-refractivity contribution is -0.140. The van der Waals surface area contributed by atoms with Crippen LogP contribution in [0.25, 0.3) is 5.76 Å². The zero-order chi connectivity index (χ0) is 26.1. The minimum Gasteiger partial charge on any atom is -0.507 e. The van der Waals surface area contributed by atoms with E-state index in [0.717, 1.165) is 19.3 Å². The molecule has 0 spiro atoms. The van der Waals surface area contributed by atoms with E-state index in [1.807, 2.05) is 6.92 Å². The first-order valence-electron chi connectivity index (χ1n) is 12.3. The number of Topliss-reactive ketones (excluding diaryl/α,β-unsaturated/α-hetero) is 1. The second-order valence-corrected chi connectivity index (χ2v) is 8.41. The maximum Gasteiger partial charge on any atom is 0.295 e. The highest BCUT2D eigenvalue weighted by Crippen LogP contribution is 2.42. The number of ether oxygens (including phenoxy) is 4. The number of hydrogen-bond donors (Lipinski definition) is 1. The molecule has 0 saturated carbocycles. The Hall–Kier alpha value is -3.52. The van der Waals surface area contributed by atoms with E-state index in [1.54, 1.807) is 42.5 Å². The van der Waals surface area contributed by atoms with Gasteiger partial charge in [-0.1, -0.05) is 25.8 Å². The SMILES string of the molecule is CCCCCOc1ccc(/C(O)=C2/C(=O)C(=O)N(CCOC)C2c2ccc(OCC)c(OC)c2)cc1. The zero-order valence-corrected chi connectivity index (χ0v) is 21.4. The molecule has 1 fully saturated rings. The molecular weight excluding hydrogens is 462 g/mol. The number of amides is 1. The smallest absolute Gasteiger partial charge is 0.295 e. The molecule has 1 aliphatic rings. The maximum absolute atomic E-state index is 13.1. The Morgan fingerprint density at radius 2 is 1.69 bits per heavy atom. The monoisotopic (exact) mass is 497 g/mol. The van der Waals surface area contributed by atoms with E-state index in [4.69, 9.17) is 18.9 Å². The maximum atomic E-state index is 13.1. The minimum atomic E-state index is -0.810. The summed E-state index contributed by atoms with van der Waals surface area (Å²) in [6.45, 7) is 5.50. The van der Waals surface area contributed by atoms with Crippen molar-refractivity contribution < 1.29 is 33.6 Å². The highest BCUT2D eigenvalue weighted by Gasteiger charge is 2.46. The molecule has 1 saturated heterocycles. The summed E-state index contributed by atoms with van der Waals surface area (Å²) < 4.78 is 22.0. The van der Waals surface area contributed by atoms with Gasteiger partial charge >= 0.3 is 0 Å². The summed E-state index contributed by atoms with van der Waals surface area (Å²) in [4.78, 5) is 27.5. The van der Waals surface area contributed by atoms with Crippen molar-refractivity contribution >= 4 is 17.4 Å². The van der Waals surface area contributed by atoms with Crippen molar-refractivity contribution in [3.8, 4) is 17.2 Å². The fourth-order valence-electron chi connectivity index (χ4n) is 4.18. The van der Waals surface area contributed by atoms with Gasteiger partial charge in [-0.3, -0.25) is 9.59 Å². The van der Waals surface area contributed by atoms with Crippen molar-refractivity contribution in [3.05, 3.63) is 59.2 Å². The molecule has 1 unspecified atom stereocenters. The van der Waals surface area contributed by atoms with Gasteiger partial charge in [0.1, 0.15) is 11.5 Å². The van der Waals surface area contributed by atoms with Gasteiger partial charge in [0, 0.05) is 19.2 Å². The number of carbonyl (C=O) groups is 2. The Bertz CT molecular complexity index is 1080. The van der Waals surface area contributed by atoms with E-state index < -0.39 is 17.7 Å². The quantitative estimate of drug-likeness (QED) is 0.185. The first-order chi connectivity index (χ1) is 17.5. The van der Waals surface area contributed by atoms with E-state index in [2.05, 4.69) is 6.92 Å². The lowest BCUT2D eigenvalue weighted by Crippen LogP contribution is -2.32. The van der Waals surface area contributed by atoms with Gasteiger partial charge in [0.2, 0.25) is 0 Å². The van der Waals surface area contributed by atoms with E-state index in [9.17, 15) is 14.7 Å². The van der Waals surface area contributed by atoms with Gasteiger partial charge < -0.3 is 29.0 Å². The molecule has 1 atom stereocenters. The second kappa shape index (κ2) is 13.0. The molecule has 2 aromatic carbocycles. The van der Waals surface area contributed by atoms with Gasteiger partial charge in [-0.15, -0.1) is 0 Å². The van der Waals surface area contributed by atoms with Crippen molar-refractivity contribution in [1.29, 1.82) is 0 Å². The number of carbonyl (C=O) groups excluding carboxylic acids is 2. The van der Waals surface area contributed by atoms with Crippen LogP contribution in [0, 0.1) is 0 Å². The van der Waals surface area contributed by atoms with E-state index in [1.165, 1.54) is 19.1 Å². The molecule has 36 heavy (non-hydrogen) atoms. The number of likely N-dealkylation sites (tertiary alicyclic amines) is 1. The fraction of sp³-hybridized carbons (Fsp3) is 0.429. The van der Waals surface area contributed by atoms with Crippen molar-refractivity contribution in [3.63, 3.8) is 0 Å². The van der Waals surface area contributed by atoms with Gasteiger partial charge in [0.05, 0.1) is 38.5 Å². The lowest BCUT2D eigenvalue weighted by atomic mass is 9.95. The van der Waals surface area contributed by atoms with Crippen LogP contribution in [-0.4, -0.2) is 62.3 Å². The number of unbranched alkanes of at least 4 members (excludes halogenated alkanes) is 2. The summed E-state index contributed by atoms with van der Waals surface area (Å²) in [7, 11) is 3.05.